The summed E-state index contributed by atoms with van der Waals surface area (Å²) in [6.45, 7) is 0. The number of terminal acetylenes is 1. The lowest BCUT2D eigenvalue weighted by Gasteiger charge is -2.24. The number of hydrogen-bond donors (Lipinski definition) is 4. The molecule has 2 aromatic rings. The van der Waals surface area contributed by atoms with E-state index in [0.29, 0.717) is 16.8 Å². The van der Waals surface area contributed by atoms with Gasteiger partial charge in [0.2, 0.25) is 0 Å². The maximum Gasteiger partial charge on any atom is 0.326 e. The molecule has 2 rings (SSSR count). The van der Waals surface area contributed by atoms with Gasteiger partial charge in [-0.05, 0) is 29.8 Å². The summed E-state index contributed by atoms with van der Waals surface area (Å²) in [7, 11) is 0. The third-order valence-corrected chi connectivity index (χ3v) is 3.91. The Bertz CT molecular complexity index is 866. The summed E-state index contributed by atoms with van der Waals surface area (Å²) < 4.78 is 0. The molecule has 1 amide bonds. The highest BCUT2D eigenvalue weighted by Gasteiger charge is 2.30. The molecule has 7 heteroatoms. The summed E-state index contributed by atoms with van der Waals surface area (Å²) in [6.07, 6.45) is 5.56. The van der Waals surface area contributed by atoms with Gasteiger partial charge in [0, 0.05) is 17.9 Å². The molecular formula is C20H20N4O3. The van der Waals surface area contributed by atoms with E-state index < -0.39 is 23.8 Å². The van der Waals surface area contributed by atoms with Gasteiger partial charge < -0.3 is 21.9 Å². The van der Waals surface area contributed by atoms with Crippen molar-refractivity contribution < 1.29 is 14.7 Å². The summed E-state index contributed by atoms with van der Waals surface area (Å²) in [6, 6.07) is 13.9. The van der Waals surface area contributed by atoms with E-state index in [1.165, 1.54) is 0 Å². The normalized spacial score (nSPS) is 12.3. The van der Waals surface area contributed by atoms with Crippen LogP contribution in [-0.2, 0) is 4.79 Å². The minimum atomic E-state index is -1.19. The number of hydrogen-bond acceptors (Lipinski definition) is 3. The number of carboxylic acids is 1. The van der Waals surface area contributed by atoms with E-state index in [9.17, 15) is 14.7 Å². The third kappa shape index (κ3) is 5.34. The van der Waals surface area contributed by atoms with Gasteiger partial charge in [-0.2, -0.15) is 0 Å². The Morgan fingerprint density at radius 3 is 2.26 bits per heavy atom. The summed E-state index contributed by atoms with van der Waals surface area (Å²) >= 11 is 0. The van der Waals surface area contributed by atoms with Gasteiger partial charge in [-0.15, -0.1) is 12.3 Å². The molecule has 0 aromatic heterocycles. The fraction of sp³-hybridized carbons (Fsp3) is 0.150. The molecule has 27 heavy (non-hydrogen) atoms. The second kappa shape index (κ2) is 9.06. The minimum absolute atomic E-state index is 0.0820. The SMILES string of the molecule is C#CC[C@H](c1ccc(N=C(N)N)cc1)[C@@H](NC(=O)c1ccccc1)C(=O)O. The molecule has 0 bridgehead atoms. The number of rotatable bonds is 7. The first-order chi connectivity index (χ1) is 12.9. The van der Waals surface area contributed by atoms with Crippen LogP contribution in [0.5, 0.6) is 0 Å². The van der Waals surface area contributed by atoms with Crippen molar-refractivity contribution in [1.29, 1.82) is 0 Å². The first-order valence-corrected chi connectivity index (χ1v) is 8.14. The number of carbonyl (C=O) groups is 2. The highest BCUT2D eigenvalue weighted by Crippen LogP contribution is 2.26. The lowest BCUT2D eigenvalue weighted by molar-refractivity contribution is -0.139. The van der Waals surface area contributed by atoms with Crippen molar-refractivity contribution in [2.75, 3.05) is 0 Å². The molecular weight excluding hydrogens is 344 g/mol. The molecule has 0 saturated carbocycles. The van der Waals surface area contributed by atoms with Crippen LogP contribution in [0.2, 0.25) is 0 Å². The van der Waals surface area contributed by atoms with Crippen LogP contribution in [-0.4, -0.2) is 29.0 Å². The summed E-state index contributed by atoms with van der Waals surface area (Å²) in [5.74, 6) is 0.123. The molecule has 138 valence electrons. The van der Waals surface area contributed by atoms with Crippen molar-refractivity contribution in [2.45, 2.75) is 18.4 Å². The molecule has 0 aliphatic heterocycles. The fourth-order valence-electron chi connectivity index (χ4n) is 2.65. The van der Waals surface area contributed by atoms with Gasteiger partial charge >= 0.3 is 5.97 Å². The predicted octanol–water partition coefficient (Wildman–Crippen LogP) is 1.58. The summed E-state index contributed by atoms with van der Waals surface area (Å²) in [4.78, 5) is 28.2. The first-order valence-electron chi connectivity index (χ1n) is 8.14. The zero-order valence-corrected chi connectivity index (χ0v) is 14.5. The van der Waals surface area contributed by atoms with Crippen molar-refractivity contribution in [1.82, 2.24) is 5.32 Å². The number of nitrogens with zero attached hydrogens (tertiary/aromatic N) is 1. The van der Waals surface area contributed by atoms with Crippen LogP contribution in [0.1, 0.15) is 28.3 Å². The standard InChI is InChI=1S/C20H20N4O3/c1-2-6-16(13-9-11-15(12-10-13)23-20(21)22)17(19(26)27)24-18(25)14-7-4-3-5-8-14/h1,3-5,7-12,16-17H,6H2,(H,24,25)(H,26,27)(H4,21,22,23)/t16-,17-/m1/s1. The zero-order chi connectivity index (χ0) is 19.8. The number of nitrogens with two attached hydrogens (primary N) is 2. The maximum absolute atomic E-state index is 12.4. The number of aliphatic carboxylic acids is 1. The Morgan fingerprint density at radius 2 is 1.74 bits per heavy atom. The van der Waals surface area contributed by atoms with Crippen LogP contribution < -0.4 is 16.8 Å². The Kier molecular flexibility index (Phi) is 6.55. The van der Waals surface area contributed by atoms with Crippen LogP contribution in [0.25, 0.3) is 0 Å². The number of carboxylic acid groups (broad SMARTS) is 1. The van der Waals surface area contributed by atoms with E-state index in [1.54, 1.807) is 54.6 Å². The Balaban J connectivity index is 2.30. The molecule has 6 N–H and O–H groups in total. The lowest BCUT2D eigenvalue weighted by atomic mass is 9.88. The Labute approximate surface area is 157 Å². The minimum Gasteiger partial charge on any atom is -0.480 e. The van der Waals surface area contributed by atoms with Crippen LogP contribution in [0.3, 0.4) is 0 Å². The first kappa shape index (κ1) is 19.5. The molecule has 0 unspecified atom stereocenters. The Hall–Kier alpha value is -3.79. The molecule has 0 fully saturated rings. The maximum atomic E-state index is 12.4. The summed E-state index contributed by atoms with van der Waals surface area (Å²) in [5, 5.41) is 12.2. The van der Waals surface area contributed by atoms with E-state index in [-0.39, 0.29) is 12.4 Å². The van der Waals surface area contributed by atoms with Gasteiger partial charge in [-0.1, -0.05) is 30.3 Å². The third-order valence-electron chi connectivity index (χ3n) is 3.91. The fourth-order valence-corrected chi connectivity index (χ4v) is 2.65. The van der Waals surface area contributed by atoms with Gasteiger partial charge in [0.05, 0.1) is 5.69 Å². The molecule has 0 aliphatic carbocycles. The quantitative estimate of drug-likeness (QED) is 0.337. The number of amides is 1. The number of carbonyl (C=O) groups excluding carboxylic acids is 1. The van der Waals surface area contributed by atoms with Gasteiger partial charge in [0.1, 0.15) is 6.04 Å². The average molecular weight is 364 g/mol. The zero-order valence-electron chi connectivity index (χ0n) is 14.5. The molecule has 0 radical (unpaired) electrons. The largest absolute Gasteiger partial charge is 0.480 e. The molecule has 0 heterocycles. The van der Waals surface area contributed by atoms with Crippen LogP contribution >= 0.6 is 0 Å². The van der Waals surface area contributed by atoms with E-state index in [0.717, 1.165) is 0 Å². The van der Waals surface area contributed by atoms with E-state index in [4.69, 9.17) is 17.9 Å². The Morgan fingerprint density at radius 1 is 1.11 bits per heavy atom. The molecule has 2 atom stereocenters. The molecule has 0 aliphatic rings. The van der Waals surface area contributed by atoms with Gasteiger partial charge in [0.25, 0.3) is 5.91 Å². The monoisotopic (exact) mass is 364 g/mol. The smallest absolute Gasteiger partial charge is 0.326 e. The van der Waals surface area contributed by atoms with Crippen molar-refractivity contribution in [3.63, 3.8) is 0 Å². The van der Waals surface area contributed by atoms with Crippen LogP contribution in [0.15, 0.2) is 59.6 Å². The van der Waals surface area contributed by atoms with Crippen LogP contribution in [0.4, 0.5) is 5.69 Å². The van der Waals surface area contributed by atoms with Crippen LogP contribution in [0, 0.1) is 12.3 Å². The second-order valence-corrected chi connectivity index (χ2v) is 5.80. The highest BCUT2D eigenvalue weighted by atomic mass is 16.4. The number of guanidine groups is 1. The van der Waals surface area contributed by atoms with E-state index >= 15 is 0 Å². The predicted molar refractivity (Wildman–Crippen MR) is 103 cm³/mol. The van der Waals surface area contributed by atoms with Crippen molar-refractivity contribution in [2.24, 2.45) is 16.5 Å². The molecule has 7 nitrogen and oxygen atoms in total. The van der Waals surface area contributed by atoms with E-state index in [1.807, 2.05) is 0 Å². The number of benzene rings is 2. The average Bonchev–Trinajstić information content (AvgIpc) is 2.65. The topological polar surface area (TPSA) is 131 Å². The van der Waals surface area contributed by atoms with Gasteiger partial charge in [-0.3, -0.25) is 4.79 Å². The highest BCUT2D eigenvalue weighted by molar-refractivity contribution is 5.96. The van der Waals surface area contributed by atoms with Crippen molar-refractivity contribution in [3.05, 3.63) is 65.7 Å². The lowest BCUT2D eigenvalue weighted by Crippen LogP contribution is -2.45. The molecule has 0 spiro atoms. The van der Waals surface area contributed by atoms with Crippen molar-refractivity contribution in [3.8, 4) is 12.3 Å². The summed E-state index contributed by atoms with van der Waals surface area (Å²) in [5.41, 5.74) is 12.2. The number of nitrogens with one attached hydrogen (secondary N) is 1. The van der Waals surface area contributed by atoms with Gasteiger partial charge in [0.15, 0.2) is 5.96 Å². The molecule has 0 saturated heterocycles. The van der Waals surface area contributed by atoms with Crippen molar-refractivity contribution >= 4 is 23.5 Å². The van der Waals surface area contributed by atoms with E-state index in [2.05, 4.69) is 16.2 Å². The van der Waals surface area contributed by atoms with Gasteiger partial charge in [-0.25, -0.2) is 9.79 Å². The second-order valence-electron chi connectivity index (χ2n) is 5.80. The number of aliphatic imine (C=N–C) groups is 1. The molecule has 2 aromatic carbocycles.